The van der Waals surface area contributed by atoms with Gasteiger partial charge in [-0.3, -0.25) is 9.59 Å². The van der Waals surface area contributed by atoms with Crippen molar-refractivity contribution in [1.82, 2.24) is 10.2 Å². The Balaban J connectivity index is 1.70. The molecule has 0 aliphatic carbocycles. The zero-order valence-electron chi connectivity index (χ0n) is 11.3. The van der Waals surface area contributed by atoms with E-state index in [1.165, 1.54) is 0 Å². The average molecular weight is 274 g/mol. The molecule has 20 heavy (non-hydrogen) atoms. The summed E-state index contributed by atoms with van der Waals surface area (Å²) in [5.41, 5.74) is 1.07. The third-order valence-corrected chi connectivity index (χ3v) is 3.80. The summed E-state index contributed by atoms with van der Waals surface area (Å²) in [6, 6.07) is 7.80. The van der Waals surface area contributed by atoms with Gasteiger partial charge in [0.25, 0.3) is 0 Å². The molecule has 5 nitrogen and oxygen atoms in total. The molecular formula is C15H18N2O3. The van der Waals surface area contributed by atoms with E-state index in [1.54, 1.807) is 4.90 Å². The van der Waals surface area contributed by atoms with Crippen molar-refractivity contribution < 1.29 is 14.3 Å². The topological polar surface area (TPSA) is 58.6 Å². The van der Waals surface area contributed by atoms with Crippen molar-refractivity contribution in [3.63, 3.8) is 0 Å². The van der Waals surface area contributed by atoms with Gasteiger partial charge in [0.05, 0.1) is 12.5 Å². The van der Waals surface area contributed by atoms with Gasteiger partial charge in [0, 0.05) is 13.1 Å². The van der Waals surface area contributed by atoms with Crippen LogP contribution in [0.4, 0.5) is 0 Å². The monoisotopic (exact) mass is 274 g/mol. The van der Waals surface area contributed by atoms with Gasteiger partial charge in [-0.15, -0.1) is 0 Å². The van der Waals surface area contributed by atoms with Crippen LogP contribution in [0.25, 0.3) is 0 Å². The number of hydrogen-bond donors (Lipinski definition) is 1. The van der Waals surface area contributed by atoms with E-state index >= 15 is 0 Å². The normalized spacial score (nSPS) is 22.3. The van der Waals surface area contributed by atoms with E-state index in [0.29, 0.717) is 26.1 Å². The van der Waals surface area contributed by atoms with Crippen molar-refractivity contribution in [3.05, 3.63) is 29.8 Å². The van der Waals surface area contributed by atoms with Crippen LogP contribution in [-0.2, 0) is 16.0 Å². The van der Waals surface area contributed by atoms with Gasteiger partial charge in [-0.25, -0.2) is 0 Å². The van der Waals surface area contributed by atoms with Gasteiger partial charge in [0.1, 0.15) is 12.4 Å². The molecule has 1 N–H and O–H groups in total. The lowest BCUT2D eigenvalue weighted by Gasteiger charge is -2.29. The summed E-state index contributed by atoms with van der Waals surface area (Å²) in [5.74, 6) is 0.630. The van der Waals surface area contributed by atoms with Crippen LogP contribution in [0.5, 0.6) is 5.75 Å². The molecule has 1 saturated heterocycles. The van der Waals surface area contributed by atoms with E-state index in [0.717, 1.165) is 17.7 Å². The van der Waals surface area contributed by atoms with Crippen LogP contribution in [0.2, 0.25) is 0 Å². The van der Waals surface area contributed by atoms with E-state index in [-0.39, 0.29) is 24.3 Å². The third-order valence-electron chi connectivity index (χ3n) is 3.80. The fraction of sp³-hybridized carbons (Fsp3) is 0.467. The number of carbonyl (C=O) groups excluding carboxylic acids is 2. The fourth-order valence-corrected chi connectivity index (χ4v) is 2.74. The highest BCUT2D eigenvalue weighted by molar-refractivity contribution is 5.86. The van der Waals surface area contributed by atoms with E-state index in [4.69, 9.17) is 4.74 Å². The maximum atomic E-state index is 12.5. The number of benzene rings is 1. The van der Waals surface area contributed by atoms with Crippen LogP contribution in [-0.4, -0.2) is 43.0 Å². The number of nitrogens with zero attached hydrogens (tertiary/aromatic N) is 1. The Morgan fingerprint density at radius 1 is 1.35 bits per heavy atom. The molecule has 0 radical (unpaired) electrons. The molecule has 1 unspecified atom stereocenters. The summed E-state index contributed by atoms with van der Waals surface area (Å²) < 4.78 is 5.66. The highest BCUT2D eigenvalue weighted by Gasteiger charge is 2.30. The Morgan fingerprint density at radius 2 is 2.20 bits per heavy atom. The first kappa shape index (κ1) is 13.0. The predicted octanol–water partition coefficient (Wildman–Crippen LogP) is 0.586. The molecule has 0 bridgehead atoms. The summed E-state index contributed by atoms with van der Waals surface area (Å²) in [5, 5.41) is 2.78. The molecule has 0 spiro atoms. The fourth-order valence-electron chi connectivity index (χ4n) is 2.74. The van der Waals surface area contributed by atoms with Gasteiger partial charge in [-0.05, 0) is 24.5 Å². The lowest BCUT2D eigenvalue weighted by atomic mass is 9.95. The quantitative estimate of drug-likeness (QED) is 0.815. The largest absolute Gasteiger partial charge is 0.492 e. The smallest absolute Gasteiger partial charge is 0.239 e. The van der Waals surface area contributed by atoms with E-state index < -0.39 is 0 Å². The molecular weight excluding hydrogens is 256 g/mol. The van der Waals surface area contributed by atoms with E-state index in [9.17, 15) is 9.59 Å². The number of para-hydroxylation sites is 1. The molecule has 3 rings (SSSR count). The number of ether oxygens (including phenoxy) is 1. The van der Waals surface area contributed by atoms with Gasteiger partial charge in [0.2, 0.25) is 11.8 Å². The second kappa shape index (κ2) is 5.53. The SMILES string of the molecule is O=C1CN(C(=O)C2COc3ccccc3C2)CCCN1. The number of rotatable bonds is 1. The molecule has 0 aromatic heterocycles. The first-order valence-corrected chi connectivity index (χ1v) is 7.00. The minimum absolute atomic E-state index is 0.0246. The Kier molecular flexibility index (Phi) is 3.58. The van der Waals surface area contributed by atoms with Gasteiger partial charge < -0.3 is 15.0 Å². The Bertz CT molecular complexity index is 530. The zero-order chi connectivity index (χ0) is 13.9. The molecule has 1 atom stereocenters. The summed E-state index contributed by atoms with van der Waals surface area (Å²) in [4.78, 5) is 25.7. The molecule has 1 aromatic rings. The van der Waals surface area contributed by atoms with Crippen LogP contribution >= 0.6 is 0 Å². The van der Waals surface area contributed by atoms with Crippen LogP contribution in [0, 0.1) is 5.92 Å². The third kappa shape index (κ3) is 2.61. The molecule has 106 valence electrons. The molecule has 5 heteroatoms. The van der Waals surface area contributed by atoms with Crippen LogP contribution < -0.4 is 10.1 Å². The Morgan fingerprint density at radius 3 is 3.10 bits per heavy atom. The van der Waals surface area contributed by atoms with Gasteiger partial charge in [-0.1, -0.05) is 18.2 Å². The van der Waals surface area contributed by atoms with Gasteiger partial charge in [-0.2, -0.15) is 0 Å². The van der Waals surface area contributed by atoms with Crippen molar-refractivity contribution in [1.29, 1.82) is 0 Å². The molecule has 2 heterocycles. The van der Waals surface area contributed by atoms with E-state index in [1.807, 2.05) is 24.3 Å². The average Bonchev–Trinajstić information content (AvgIpc) is 2.70. The van der Waals surface area contributed by atoms with Crippen LogP contribution in [0.15, 0.2) is 24.3 Å². The number of nitrogens with one attached hydrogen (secondary N) is 1. The highest BCUT2D eigenvalue weighted by Crippen LogP contribution is 2.27. The molecule has 2 aliphatic heterocycles. The van der Waals surface area contributed by atoms with Crippen molar-refractivity contribution >= 4 is 11.8 Å². The van der Waals surface area contributed by atoms with E-state index in [2.05, 4.69) is 5.32 Å². The molecule has 2 amide bonds. The van der Waals surface area contributed by atoms with Gasteiger partial charge >= 0.3 is 0 Å². The summed E-state index contributed by atoms with van der Waals surface area (Å²) >= 11 is 0. The number of amides is 2. The first-order valence-electron chi connectivity index (χ1n) is 7.00. The second-order valence-corrected chi connectivity index (χ2v) is 5.28. The minimum atomic E-state index is -0.184. The predicted molar refractivity (Wildman–Crippen MR) is 73.3 cm³/mol. The summed E-state index contributed by atoms with van der Waals surface area (Å²) in [6.07, 6.45) is 1.49. The Labute approximate surface area is 117 Å². The second-order valence-electron chi connectivity index (χ2n) is 5.28. The molecule has 0 saturated carbocycles. The van der Waals surface area contributed by atoms with Crippen molar-refractivity contribution in [2.24, 2.45) is 5.92 Å². The highest BCUT2D eigenvalue weighted by atomic mass is 16.5. The molecule has 1 aromatic carbocycles. The lowest BCUT2D eigenvalue weighted by Crippen LogP contribution is -2.43. The summed E-state index contributed by atoms with van der Waals surface area (Å²) in [6.45, 7) is 1.84. The number of fused-ring (bicyclic) bond motifs is 1. The van der Waals surface area contributed by atoms with Crippen molar-refractivity contribution in [2.45, 2.75) is 12.8 Å². The first-order chi connectivity index (χ1) is 9.74. The molecule has 1 fully saturated rings. The lowest BCUT2D eigenvalue weighted by molar-refractivity contribution is -0.139. The van der Waals surface area contributed by atoms with Crippen LogP contribution in [0.1, 0.15) is 12.0 Å². The summed E-state index contributed by atoms with van der Waals surface area (Å²) in [7, 11) is 0. The Hall–Kier alpha value is -2.04. The molecule has 2 aliphatic rings. The maximum Gasteiger partial charge on any atom is 0.239 e. The maximum absolute atomic E-state index is 12.5. The zero-order valence-corrected chi connectivity index (χ0v) is 11.3. The van der Waals surface area contributed by atoms with Crippen molar-refractivity contribution in [2.75, 3.05) is 26.2 Å². The number of carbonyl (C=O) groups is 2. The minimum Gasteiger partial charge on any atom is -0.492 e. The number of hydrogen-bond acceptors (Lipinski definition) is 3. The van der Waals surface area contributed by atoms with Crippen molar-refractivity contribution in [3.8, 4) is 5.75 Å². The standard InChI is InChI=1S/C15H18N2O3/c18-14-9-17(7-3-6-16-14)15(19)12-8-11-4-1-2-5-13(11)20-10-12/h1-2,4-5,12H,3,6-10H2,(H,16,18). The van der Waals surface area contributed by atoms with Crippen LogP contribution in [0.3, 0.4) is 0 Å². The van der Waals surface area contributed by atoms with Gasteiger partial charge in [0.15, 0.2) is 0 Å².